The summed E-state index contributed by atoms with van der Waals surface area (Å²) in [6.45, 7) is 0. The number of fused-ring (bicyclic) bond motifs is 1. The van der Waals surface area contributed by atoms with E-state index in [2.05, 4.69) is 5.10 Å². The number of aromatic nitrogens is 2. The van der Waals surface area contributed by atoms with Crippen LogP contribution in [0.25, 0.3) is 0 Å². The van der Waals surface area contributed by atoms with Crippen molar-refractivity contribution in [2.75, 3.05) is 7.11 Å². The van der Waals surface area contributed by atoms with E-state index < -0.39 is 0 Å². The van der Waals surface area contributed by atoms with Gasteiger partial charge in [-0.25, -0.2) is 0 Å². The van der Waals surface area contributed by atoms with Crippen LogP contribution in [0.1, 0.15) is 23.6 Å². The highest BCUT2D eigenvalue weighted by Crippen LogP contribution is 2.32. The Bertz CT molecular complexity index is 343. The zero-order valence-corrected chi connectivity index (χ0v) is 7.78. The van der Waals surface area contributed by atoms with E-state index in [9.17, 15) is 4.79 Å². The molecule has 0 aliphatic heterocycles. The number of carbonyl (C=O) groups is 1. The number of nitrogens with zero attached hydrogens (tertiary/aromatic N) is 2. The van der Waals surface area contributed by atoms with Crippen molar-refractivity contribution >= 4 is 5.97 Å². The van der Waals surface area contributed by atoms with Crippen LogP contribution in [0.4, 0.5) is 0 Å². The second-order valence-corrected chi connectivity index (χ2v) is 3.32. The quantitative estimate of drug-likeness (QED) is 0.595. The molecule has 13 heavy (non-hydrogen) atoms. The van der Waals surface area contributed by atoms with Crippen LogP contribution in [0, 0.1) is 0 Å². The van der Waals surface area contributed by atoms with E-state index in [1.165, 1.54) is 7.11 Å². The Labute approximate surface area is 76.5 Å². The normalized spacial score (nSPS) is 20.0. The summed E-state index contributed by atoms with van der Waals surface area (Å²) in [5.74, 6) is -0.236. The molecule has 2 rings (SSSR count). The molecule has 0 N–H and O–H groups in total. The molecule has 1 aliphatic rings. The lowest BCUT2D eigenvalue weighted by atomic mass is 10.1. The van der Waals surface area contributed by atoms with Crippen LogP contribution >= 0.6 is 0 Å². The van der Waals surface area contributed by atoms with Gasteiger partial charge in [0.1, 0.15) is 0 Å². The summed E-state index contributed by atoms with van der Waals surface area (Å²) in [6.07, 6.45) is 3.63. The molecule has 0 saturated heterocycles. The maximum Gasteiger partial charge on any atom is 0.313 e. The zero-order chi connectivity index (χ0) is 9.42. The van der Waals surface area contributed by atoms with Gasteiger partial charge in [-0.05, 0) is 12.8 Å². The SMILES string of the molecule is COC(=O)C1CCc2nn(C)cc21. The van der Waals surface area contributed by atoms with Gasteiger partial charge in [0.25, 0.3) is 0 Å². The Morgan fingerprint density at radius 3 is 3.23 bits per heavy atom. The highest BCUT2D eigenvalue weighted by molar-refractivity contribution is 5.79. The Morgan fingerprint density at radius 2 is 2.54 bits per heavy atom. The molecule has 0 spiro atoms. The molecule has 0 amide bonds. The van der Waals surface area contributed by atoms with E-state index in [-0.39, 0.29) is 11.9 Å². The average molecular weight is 180 g/mol. The van der Waals surface area contributed by atoms with Gasteiger partial charge < -0.3 is 4.74 Å². The summed E-state index contributed by atoms with van der Waals surface area (Å²) < 4.78 is 6.47. The summed E-state index contributed by atoms with van der Waals surface area (Å²) in [6, 6.07) is 0. The first kappa shape index (κ1) is 8.29. The van der Waals surface area contributed by atoms with E-state index in [1.54, 1.807) is 4.68 Å². The molecular weight excluding hydrogens is 168 g/mol. The van der Waals surface area contributed by atoms with Crippen LogP contribution in [0.15, 0.2) is 6.20 Å². The summed E-state index contributed by atoms with van der Waals surface area (Å²) in [7, 11) is 3.29. The molecule has 0 bridgehead atoms. The largest absolute Gasteiger partial charge is 0.469 e. The summed E-state index contributed by atoms with van der Waals surface area (Å²) in [4.78, 5) is 11.3. The van der Waals surface area contributed by atoms with Gasteiger partial charge in [-0.1, -0.05) is 0 Å². The molecule has 1 aliphatic carbocycles. The van der Waals surface area contributed by atoms with Crippen molar-refractivity contribution in [2.45, 2.75) is 18.8 Å². The fraction of sp³-hybridized carbons (Fsp3) is 0.556. The number of rotatable bonds is 1. The molecule has 1 atom stereocenters. The molecule has 1 unspecified atom stereocenters. The minimum Gasteiger partial charge on any atom is -0.469 e. The minimum absolute atomic E-state index is 0.0892. The molecule has 0 aromatic carbocycles. The number of ether oxygens (including phenoxy) is 1. The van der Waals surface area contributed by atoms with Gasteiger partial charge in [-0.2, -0.15) is 5.10 Å². The van der Waals surface area contributed by atoms with Crippen molar-refractivity contribution in [1.82, 2.24) is 9.78 Å². The lowest BCUT2D eigenvalue weighted by Gasteiger charge is -2.05. The first-order valence-corrected chi connectivity index (χ1v) is 4.32. The van der Waals surface area contributed by atoms with E-state index in [1.807, 2.05) is 13.2 Å². The molecular formula is C9H12N2O2. The number of aryl methyl sites for hydroxylation is 2. The van der Waals surface area contributed by atoms with Crippen LogP contribution < -0.4 is 0 Å². The number of esters is 1. The Balaban J connectivity index is 2.32. The fourth-order valence-corrected chi connectivity index (χ4v) is 1.86. The van der Waals surface area contributed by atoms with Crippen LogP contribution in [0.5, 0.6) is 0 Å². The van der Waals surface area contributed by atoms with Gasteiger partial charge in [0.15, 0.2) is 0 Å². The lowest BCUT2D eigenvalue weighted by molar-refractivity contribution is -0.142. The van der Waals surface area contributed by atoms with Gasteiger partial charge in [0.05, 0.1) is 18.7 Å². The molecule has 0 saturated carbocycles. The Hall–Kier alpha value is -1.32. The molecule has 70 valence electrons. The first-order valence-electron chi connectivity index (χ1n) is 4.32. The van der Waals surface area contributed by atoms with Crippen molar-refractivity contribution in [1.29, 1.82) is 0 Å². The third-order valence-corrected chi connectivity index (χ3v) is 2.47. The van der Waals surface area contributed by atoms with Crippen LogP contribution in [-0.4, -0.2) is 22.9 Å². The molecule has 4 nitrogen and oxygen atoms in total. The molecule has 1 aromatic rings. The topological polar surface area (TPSA) is 44.1 Å². The number of carbonyl (C=O) groups excluding carboxylic acids is 1. The van der Waals surface area contributed by atoms with E-state index in [0.717, 1.165) is 24.1 Å². The first-order chi connectivity index (χ1) is 6.22. The summed E-state index contributed by atoms with van der Waals surface area (Å²) in [5, 5.41) is 4.27. The standard InChI is InChI=1S/C9H12N2O2/c1-11-5-7-6(9(12)13-2)3-4-8(7)10-11/h5-6H,3-4H2,1-2H3. The molecule has 0 radical (unpaired) electrons. The highest BCUT2D eigenvalue weighted by Gasteiger charge is 2.31. The maximum atomic E-state index is 11.3. The van der Waals surface area contributed by atoms with Crippen molar-refractivity contribution in [3.05, 3.63) is 17.5 Å². The summed E-state index contributed by atoms with van der Waals surface area (Å²) >= 11 is 0. The third kappa shape index (κ3) is 1.22. The molecule has 0 fully saturated rings. The highest BCUT2D eigenvalue weighted by atomic mass is 16.5. The predicted octanol–water partition coefficient (Wildman–Crippen LogP) is 0.623. The molecule has 1 aromatic heterocycles. The fourth-order valence-electron chi connectivity index (χ4n) is 1.86. The Morgan fingerprint density at radius 1 is 1.77 bits per heavy atom. The van der Waals surface area contributed by atoms with Crippen LogP contribution in [-0.2, 0) is 23.0 Å². The van der Waals surface area contributed by atoms with Crippen LogP contribution in [0.3, 0.4) is 0 Å². The maximum absolute atomic E-state index is 11.3. The van der Waals surface area contributed by atoms with Crippen molar-refractivity contribution in [2.24, 2.45) is 7.05 Å². The monoisotopic (exact) mass is 180 g/mol. The number of methoxy groups -OCH3 is 1. The summed E-state index contributed by atoms with van der Waals surface area (Å²) in [5.41, 5.74) is 2.08. The van der Waals surface area contributed by atoms with E-state index in [0.29, 0.717) is 0 Å². The Kier molecular flexibility index (Phi) is 1.83. The van der Waals surface area contributed by atoms with E-state index >= 15 is 0 Å². The second-order valence-electron chi connectivity index (χ2n) is 3.32. The van der Waals surface area contributed by atoms with Crippen molar-refractivity contribution < 1.29 is 9.53 Å². The van der Waals surface area contributed by atoms with Crippen LogP contribution in [0.2, 0.25) is 0 Å². The molecule has 1 heterocycles. The van der Waals surface area contributed by atoms with Crippen molar-refractivity contribution in [3.8, 4) is 0 Å². The minimum atomic E-state index is -0.147. The molecule has 4 heteroatoms. The predicted molar refractivity (Wildman–Crippen MR) is 46.3 cm³/mol. The third-order valence-electron chi connectivity index (χ3n) is 2.47. The number of hydrogen-bond donors (Lipinski definition) is 0. The average Bonchev–Trinajstić information content (AvgIpc) is 2.61. The zero-order valence-electron chi connectivity index (χ0n) is 7.78. The lowest BCUT2D eigenvalue weighted by Crippen LogP contribution is -2.11. The second kappa shape index (κ2) is 2.87. The van der Waals surface area contributed by atoms with Crippen molar-refractivity contribution in [3.63, 3.8) is 0 Å². The smallest absolute Gasteiger partial charge is 0.313 e. The van der Waals surface area contributed by atoms with Gasteiger partial charge >= 0.3 is 5.97 Å². The number of hydrogen-bond acceptors (Lipinski definition) is 3. The van der Waals surface area contributed by atoms with Gasteiger partial charge in [-0.3, -0.25) is 9.48 Å². The van der Waals surface area contributed by atoms with Gasteiger partial charge in [0, 0.05) is 18.8 Å². The van der Waals surface area contributed by atoms with Gasteiger partial charge in [-0.15, -0.1) is 0 Å². The van der Waals surface area contributed by atoms with E-state index in [4.69, 9.17) is 4.74 Å². The van der Waals surface area contributed by atoms with Gasteiger partial charge in [0.2, 0.25) is 0 Å².